The number of ether oxygens (including phenoxy) is 1. The fraction of sp³-hybridized carbons (Fsp3) is 0.273. The number of fused-ring (bicyclic) bond motifs is 3. The van der Waals surface area contributed by atoms with E-state index in [1.807, 2.05) is 30.3 Å². The summed E-state index contributed by atoms with van der Waals surface area (Å²) in [6, 6.07) is 41.5. The van der Waals surface area contributed by atoms with E-state index in [1.54, 1.807) is 0 Å². The second-order valence-corrected chi connectivity index (χ2v) is 10.1. The van der Waals surface area contributed by atoms with Gasteiger partial charge in [0.25, 0.3) is 0 Å². The van der Waals surface area contributed by atoms with Gasteiger partial charge in [0.15, 0.2) is 0 Å². The molecule has 3 nitrogen and oxygen atoms in total. The van der Waals surface area contributed by atoms with Crippen molar-refractivity contribution < 1.29 is 4.74 Å². The number of piperidine rings is 3. The third-order valence-electron chi connectivity index (χ3n) is 8.00. The predicted molar refractivity (Wildman–Crippen MR) is 146 cm³/mol. The SMILES string of the molecule is c1ccc(Oc2ccccc2CN[C@@H]2C3CCN(CC3)[C@H]2C(c2ccccc2)c2ccccc2)cc1. The van der Waals surface area contributed by atoms with Crippen molar-refractivity contribution in [1.82, 2.24) is 10.2 Å². The van der Waals surface area contributed by atoms with Gasteiger partial charge in [0.2, 0.25) is 0 Å². The van der Waals surface area contributed by atoms with Crippen LogP contribution in [0, 0.1) is 5.92 Å². The maximum atomic E-state index is 6.27. The van der Waals surface area contributed by atoms with Crippen LogP contribution in [0.15, 0.2) is 115 Å². The van der Waals surface area contributed by atoms with Gasteiger partial charge in [-0.25, -0.2) is 0 Å². The summed E-state index contributed by atoms with van der Waals surface area (Å²) >= 11 is 0. The van der Waals surface area contributed by atoms with Gasteiger partial charge in [-0.05, 0) is 61.2 Å². The van der Waals surface area contributed by atoms with Crippen molar-refractivity contribution in [2.45, 2.75) is 37.4 Å². The van der Waals surface area contributed by atoms with Gasteiger partial charge in [-0.1, -0.05) is 97.1 Å². The highest BCUT2D eigenvalue weighted by molar-refractivity contribution is 5.39. The van der Waals surface area contributed by atoms with E-state index in [-0.39, 0.29) is 0 Å². The molecule has 1 N–H and O–H groups in total. The first-order valence-corrected chi connectivity index (χ1v) is 13.2. The summed E-state index contributed by atoms with van der Waals surface area (Å²) in [7, 11) is 0. The minimum atomic E-state index is 0.337. The molecule has 0 spiro atoms. The Balaban J connectivity index is 1.30. The Morgan fingerprint density at radius 1 is 0.694 bits per heavy atom. The molecule has 3 fully saturated rings. The summed E-state index contributed by atoms with van der Waals surface area (Å²) in [5.74, 6) is 2.83. The first-order valence-electron chi connectivity index (χ1n) is 13.2. The first kappa shape index (κ1) is 23.0. The highest BCUT2D eigenvalue weighted by atomic mass is 16.5. The number of nitrogens with one attached hydrogen (secondary N) is 1. The molecule has 3 aliphatic heterocycles. The van der Waals surface area contributed by atoms with E-state index in [4.69, 9.17) is 4.74 Å². The van der Waals surface area contributed by atoms with E-state index in [1.165, 1.54) is 42.6 Å². The van der Waals surface area contributed by atoms with Gasteiger partial charge in [-0.3, -0.25) is 4.90 Å². The van der Waals surface area contributed by atoms with Crippen molar-refractivity contribution in [2.24, 2.45) is 5.92 Å². The van der Waals surface area contributed by atoms with E-state index in [0.717, 1.165) is 18.0 Å². The second kappa shape index (κ2) is 10.7. The van der Waals surface area contributed by atoms with Crippen molar-refractivity contribution in [3.8, 4) is 11.5 Å². The highest BCUT2D eigenvalue weighted by Crippen LogP contribution is 2.42. The maximum Gasteiger partial charge on any atom is 0.131 e. The molecule has 182 valence electrons. The zero-order valence-corrected chi connectivity index (χ0v) is 20.7. The average Bonchev–Trinajstić information content (AvgIpc) is 2.95. The summed E-state index contributed by atoms with van der Waals surface area (Å²) in [5, 5.41) is 4.04. The molecule has 0 amide bonds. The fourth-order valence-corrected chi connectivity index (χ4v) is 6.29. The quantitative estimate of drug-likeness (QED) is 0.302. The molecule has 3 saturated heterocycles. The monoisotopic (exact) mass is 474 g/mol. The highest BCUT2D eigenvalue weighted by Gasteiger charge is 2.46. The Hall–Kier alpha value is -3.40. The summed E-state index contributed by atoms with van der Waals surface area (Å²) in [4.78, 5) is 2.74. The molecular formula is C33H34N2O. The lowest BCUT2D eigenvalue weighted by Crippen LogP contribution is -2.64. The van der Waals surface area contributed by atoms with Gasteiger partial charge in [0, 0.05) is 30.1 Å². The summed E-state index contributed by atoms with van der Waals surface area (Å²) in [6.07, 6.45) is 2.54. The number of hydrogen-bond acceptors (Lipinski definition) is 3. The molecular weight excluding hydrogens is 440 g/mol. The average molecular weight is 475 g/mol. The lowest BCUT2D eigenvalue weighted by atomic mass is 9.70. The molecule has 4 aromatic rings. The Kier molecular flexibility index (Phi) is 6.84. The van der Waals surface area contributed by atoms with E-state index >= 15 is 0 Å². The molecule has 2 bridgehead atoms. The van der Waals surface area contributed by atoms with Gasteiger partial charge in [0.05, 0.1) is 0 Å². The Morgan fingerprint density at radius 2 is 1.25 bits per heavy atom. The van der Waals surface area contributed by atoms with E-state index in [0.29, 0.717) is 23.9 Å². The van der Waals surface area contributed by atoms with Crippen LogP contribution in [0.25, 0.3) is 0 Å². The maximum absolute atomic E-state index is 6.27. The van der Waals surface area contributed by atoms with Crippen LogP contribution in [-0.2, 0) is 6.54 Å². The van der Waals surface area contributed by atoms with Crippen molar-refractivity contribution >= 4 is 0 Å². The fourth-order valence-electron chi connectivity index (χ4n) is 6.29. The number of benzene rings is 4. The summed E-state index contributed by atoms with van der Waals surface area (Å²) < 4.78 is 6.27. The number of hydrogen-bond donors (Lipinski definition) is 1. The van der Waals surface area contributed by atoms with Crippen LogP contribution in [0.4, 0.5) is 0 Å². The normalized spacial score (nSPS) is 23.0. The Labute approximate surface area is 214 Å². The van der Waals surface area contributed by atoms with Crippen LogP contribution >= 0.6 is 0 Å². The zero-order chi connectivity index (χ0) is 24.2. The molecule has 36 heavy (non-hydrogen) atoms. The van der Waals surface area contributed by atoms with E-state index < -0.39 is 0 Å². The van der Waals surface area contributed by atoms with Crippen LogP contribution in [0.3, 0.4) is 0 Å². The van der Waals surface area contributed by atoms with Crippen molar-refractivity contribution in [3.05, 3.63) is 132 Å². The molecule has 2 atom stereocenters. The predicted octanol–water partition coefficient (Wildman–Crippen LogP) is 6.86. The number of rotatable bonds is 8. The minimum absolute atomic E-state index is 0.337. The van der Waals surface area contributed by atoms with Gasteiger partial charge in [0.1, 0.15) is 11.5 Å². The Morgan fingerprint density at radius 3 is 1.89 bits per heavy atom. The van der Waals surface area contributed by atoms with Crippen LogP contribution in [0.5, 0.6) is 11.5 Å². The molecule has 0 saturated carbocycles. The zero-order valence-electron chi connectivity index (χ0n) is 20.7. The van der Waals surface area contributed by atoms with Crippen molar-refractivity contribution in [3.63, 3.8) is 0 Å². The molecule has 7 rings (SSSR count). The standard InChI is InChI=1S/C33H34N2O/c1-4-12-25(13-5-1)31(26-14-6-2-7-15-26)33-32(27-20-22-35(33)23-21-27)34-24-28-16-10-11-19-30(28)36-29-17-8-3-9-18-29/h1-19,27,31-34H,20-24H2/t32-,33+/m1/s1. The second-order valence-electron chi connectivity index (χ2n) is 10.1. The van der Waals surface area contributed by atoms with Gasteiger partial charge >= 0.3 is 0 Å². The largest absolute Gasteiger partial charge is 0.457 e. The topological polar surface area (TPSA) is 24.5 Å². The molecule has 0 unspecified atom stereocenters. The lowest BCUT2D eigenvalue weighted by Gasteiger charge is -2.54. The lowest BCUT2D eigenvalue weighted by molar-refractivity contribution is 0.00463. The molecule has 0 aromatic heterocycles. The molecule has 3 heteroatoms. The minimum Gasteiger partial charge on any atom is -0.457 e. The van der Waals surface area contributed by atoms with E-state index in [9.17, 15) is 0 Å². The first-order chi connectivity index (χ1) is 17.9. The molecule has 4 aromatic carbocycles. The van der Waals surface area contributed by atoms with Crippen LogP contribution in [0.1, 0.15) is 35.4 Å². The van der Waals surface area contributed by atoms with E-state index in [2.05, 4.69) is 95.1 Å². The Bertz CT molecular complexity index is 1200. The van der Waals surface area contributed by atoms with Crippen LogP contribution in [0.2, 0.25) is 0 Å². The summed E-state index contributed by atoms with van der Waals surface area (Å²) in [6.45, 7) is 3.18. The van der Waals surface area contributed by atoms with Crippen molar-refractivity contribution in [1.29, 1.82) is 0 Å². The number of para-hydroxylation sites is 2. The summed E-state index contributed by atoms with van der Waals surface area (Å²) in [5.41, 5.74) is 4.01. The third-order valence-corrected chi connectivity index (χ3v) is 8.00. The molecule has 0 radical (unpaired) electrons. The molecule has 3 aliphatic rings. The van der Waals surface area contributed by atoms with Crippen molar-refractivity contribution in [2.75, 3.05) is 13.1 Å². The van der Waals surface area contributed by atoms with Crippen LogP contribution in [-0.4, -0.2) is 30.1 Å². The van der Waals surface area contributed by atoms with Gasteiger partial charge < -0.3 is 10.1 Å². The van der Waals surface area contributed by atoms with Crippen LogP contribution < -0.4 is 10.1 Å². The molecule has 3 heterocycles. The number of nitrogens with zero attached hydrogens (tertiary/aromatic N) is 1. The van der Waals surface area contributed by atoms with Gasteiger partial charge in [-0.2, -0.15) is 0 Å². The third kappa shape index (κ3) is 4.82. The van der Waals surface area contributed by atoms with Gasteiger partial charge in [-0.15, -0.1) is 0 Å². The molecule has 0 aliphatic carbocycles. The smallest absolute Gasteiger partial charge is 0.131 e.